The van der Waals surface area contributed by atoms with Crippen molar-refractivity contribution in [3.8, 4) is 11.8 Å². The molecule has 1 unspecified atom stereocenters. The van der Waals surface area contributed by atoms with E-state index in [0.717, 1.165) is 11.3 Å². The molecule has 1 aromatic rings. The third-order valence-electron chi connectivity index (χ3n) is 2.58. The maximum atomic E-state index is 9.72. The molecule has 0 saturated heterocycles. The first kappa shape index (κ1) is 15.4. The minimum Gasteiger partial charge on any atom is -0.497 e. The van der Waals surface area contributed by atoms with Crippen LogP contribution >= 0.6 is 0 Å². The lowest BCUT2D eigenvalue weighted by Crippen LogP contribution is -2.32. The minimum atomic E-state index is -0.594. The summed E-state index contributed by atoms with van der Waals surface area (Å²) in [6.07, 6.45) is -0.594. The van der Waals surface area contributed by atoms with Gasteiger partial charge in [0.15, 0.2) is 0 Å². The molecule has 5 nitrogen and oxygen atoms in total. The van der Waals surface area contributed by atoms with Gasteiger partial charge >= 0.3 is 0 Å². The predicted molar refractivity (Wildman–Crippen MR) is 71.8 cm³/mol. The molecule has 0 bridgehead atoms. The fourth-order valence-corrected chi connectivity index (χ4v) is 1.67. The summed E-state index contributed by atoms with van der Waals surface area (Å²) in [6, 6.07) is 9.63. The van der Waals surface area contributed by atoms with Gasteiger partial charge in [-0.25, -0.2) is 0 Å². The van der Waals surface area contributed by atoms with Crippen molar-refractivity contribution in [2.24, 2.45) is 0 Å². The molecule has 19 heavy (non-hydrogen) atoms. The smallest absolute Gasteiger partial charge is 0.119 e. The molecule has 0 aromatic heterocycles. The van der Waals surface area contributed by atoms with Crippen molar-refractivity contribution in [2.75, 3.05) is 33.9 Å². The van der Waals surface area contributed by atoms with Gasteiger partial charge in [-0.15, -0.1) is 0 Å². The van der Waals surface area contributed by atoms with E-state index in [1.54, 1.807) is 19.1 Å². The summed E-state index contributed by atoms with van der Waals surface area (Å²) in [5.41, 5.74) is 0.997. The van der Waals surface area contributed by atoms with Gasteiger partial charge < -0.3 is 14.6 Å². The zero-order chi connectivity index (χ0) is 14.1. The Balaban J connectivity index is 2.27. The molecule has 0 aliphatic carbocycles. The summed E-state index contributed by atoms with van der Waals surface area (Å²) in [4.78, 5) is 1.75. The zero-order valence-electron chi connectivity index (χ0n) is 11.4. The quantitative estimate of drug-likeness (QED) is 0.710. The van der Waals surface area contributed by atoms with E-state index in [4.69, 9.17) is 14.7 Å². The first-order valence-corrected chi connectivity index (χ1v) is 6.10. The van der Waals surface area contributed by atoms with Crippen molar-refractivity contribution in [3.05, 3.63) is 29.8 Å². The summed E-state index contributed by atoms with van der Waals surface area (Å²) in [5.74, 6) is 0.787. The van der Waals surface area contributed by atoms with Gasteiger partial charge in [0, 0.05) is 6.54 Å². The number of aliphatic hydroxyl groups excluding tert-OH is 1. The van der Waals surface area contributed by atoms with E-state index in [2.05, 4.69) is 0 Å². The maximum Gasteiger partial charge on any atom is 0.119 e. The van der Waals surface area contributed by atoms with E-state index in [0.29, 0.717) is 19.7 Å². The van der Waals surface area contributed by atoms with Crippen molar-refractivity contribution < 1.29 is 14.6 Å². The Morgan fingerprint density at radius 2 is 2.26 bits per heavy atom. The molecule has 0 fully saturated rings. The van der Waals surface area contributed by atoms with Crippen LogP contribution in [0.1, 0.15) is 5.56 Å². The molecule has 0 spiro atoms. The Hall–Kier alpha value is -1.61. The Labute approximate surface area is 114 Å². The molecular weight excluding hydrogens is 244 g/mol. The topological polar surface area (TPSA) is 65.7 Å². The molecule has 1 aromatic carbocycles. The lowest BCUT2D eigenvalue weighted by Gasteiger charge is -2.17. The van der Waals surface area contributed by atoms with Crippen LogP contribution in [0.3, 0.4) is 0 Å². The fraction of sp³-hybridized carbons (Fsp3) is 0.500. The average Bonchev–Trinajstić information content (AvgIpc) is 2.39. The van der Waals surface area contributed by atoms with Gasteiger partial charge in [0.25, 0.3) is 0 Å². The summed E-state index contributed by atoms with van der Waals surface area (Å²) in [5, 5.41) is 18.2. The van der Waals surface area contributed by atoms with Crippen LogP contribution in [0, 0.1) is 11.3 Å². The largest absolute Gasteiger partial charge is 0.497 e. The highest BCUT2D eigenvalue weighted by atomic mass is 16.5. The van der Waals surface area contributed by atoms with E-state index in [1.165, 1.54) is 0 Å². The second kappa shape index (κ2) is 8.48. The maximum absolute atomic E-state index is 9.72. The van der Waals surface area contributed by atoms with Crippen LogP contribution in [0.2, 0.25) is 0 Å². The summed E-state index contributed by atoms with van der Waals surface area (Å²) in [7, 11) is 3.41. The van der Waals surface area contributed by atoms with Gasteiger partial charge in [0.2, 0.25) is 0 Å². The number of hydrogen-bond donors (Lipinski definition) is 1. The summed E-state index contributed by atoms with van der Waals surface area (Å²) in [6.45, 7) is 1.39. The first-order valence-electron chi connectivity index (χ1n) is 6.10. The molecule has 1 atom stereocenters. The third kappa shape index (κ3) is 6.20. The minimum absolute atomic E-state index is 0.243. The highest BCUT2D eigenvalue weighted by Crippen LogP contribution is 2.13. The Kier molecular flexibility index (Phi) is 6.90. The molecule has 1 N–H and O–H groups in total. The molecule has 1 rings (SSSR count). The van der Waals surface area contributed by atoms with Crippen LogP contribution < -0.4 is 4.74 Å². The van der Waals surface area contributed by atoms with Crippen LogP contribution in [0.25, 0.3) is 0 Å². The van der Waals surface area contributed by atoms with Crippen LogP contribution in [0.4, 0.5) is 0 Å². The van der Waals surface area contributed by atoms with Crippen LogP contribution in [0.5, 0.6) is 5.75 Å². The second-order valence-corrected chi connectivity index (χ2v) is 4.38. The Morgan fingerprint density at radius 3 is 2.95 bits per heavy atom. The Morgan fingerprint density at radius 1 is 1.47 bits per heavy atom. The van der Waals surface area contributed by atoms with Crippen molar-refractivity contribution >= 4 is 0 Å². The number of methoxy groups -OCH3 is 1. The summed E-state index contributed by atoms with van der Waals surface area (Å²) < 4.78 is 10.6. The number of likely N-dealkylation sites (N-methyl/N-ethyl adjacent to an activating group) is 1. The van der Waals surface area contributed by atoms with E-state index in [-0.39, 0.29) is 6.61 Å². The number of ether oxygens (including phenoxy) is 2. The molecule has 0 heterocycles. The molecule has 104 valence electrons. The van der Waals surface area contributed by atoms with Crippen LogP contribution in [0.15, 0.2) is 24.3 Å². The third-order valence-corrected chi connectivity index (χ3v) is 2.58. The monoisotopic (exact) mass is 264 g/mol. The highest BCUT2D eigenvalue weighted by Gasteiger charge is 2.08. The number of hydrogen-bond acceptors (Lipinski definition) is 5. The first-order chi connectivity index (χ1) is 9.15. The molecule has 0 radical (unpaired) electrons. The van der Waals surface area contributed by atoms with Crippen molar-refractivity contribution in [3.63, 3.8) is 0 Å². The number of benzene rings is 1. The zero-order valence-corrected chi connectivity index (χ0v) is 11.4. The van der Waals surface area contributed by atoms with Gasteiger partial charge in [-0.2, -0.15) is 5.26 Å². The summed E-state index contributed by atoms with van der Waals surface area (Å²) >= 11 is 0. The van der Waals surface area contributed by atoms with E-state index < -0.39 is 6.10 Å². The SMILES string of the molecule is COc1cccc(COCC(O)CN(C)CC#N)c1. The van der Waals surface area contributed by atoms with E-state index in [1.807, 2.05) is 30.3 Å². The predicted octanol–water partition coefficient (Wildman–Crippen LogP) is 1.03. The number of rotatable bonds is 8. The highest BCUT2D eigenvalue weighted by molar-refractivity contribution is 5.27. The number of nitrogens with zero attached hydrogens (tertiary/aromatic N) is 2. The molecular formula is C14H20N2O3. The molecule has 0 aliphatic rings. The van der Waals surface area contributed by atoms with E-state index in [9.17, 15) is 5.11 Å². The van der Waals surface area contributed by atoms with Crippen molar-refractivity contribution in [2.45, 2.75) is 12.7 Å². The van der Waals surface area contributed by atoms with Gasteiger partial charge in [-0.3, -0.25) is 4.90 Å². The van der Waals surface area contributed by atoms with Crippen molar-refractivity contribution in [1.29, 1.82) is 5.26 Å². The fourth-order valence-electron chi connectivity index (χ4n) is 1.67. The van der Waals surface area contributed by atoms with Gasteiger partial charge in [0.05, 0.1) is 39.0 Å². The standard InChI is InChI=1S/C14H20N2O3/c1-16(7-6-15)9-13(17)11-19-10-12-4-3-5-14(8-12)18-2/h3-5,8,13,17H,7,9-11H2,1-2H3. The molecule has 0 amide bonds. The number of nitriles is 1. The lowest BCUT2D eigenvalue weighted by molar-refractivity contribution is 0.0153. The van der Waals surface area contributed by atoms with Gasteiger partial charge in [-0.1, -0.05) is 12.1 Å². The number of aliphatic hydroxyl groups is 1. The second-order valence-electron chi connectivity index (χ2n) is 4.38. The van der Waals surface area contributed by atoms with Gasteiger partial charge in [0.1, 0.15) is 5.75 Å². The van der Waals surface area contributed by atoms with Crippen molar-refractivity contribution in [1.82, 2.24) is 4.90 Å². The lowest BCUT2D eigenvalue weighted by atomic mass is 10.2. The van der Waals surface area contributed by atoms with Crippen LogP contribution in [-0.4, -0.2) is 50.0 Å². The van der Waals surface area contributed by atoms with Crippen LogP contribution in [-0.2, 0) is 11.3 Å². The molecule has 0 aliphatic heterocycles. The average molecular weight is 264 g/mol. The Bertz CT molecular complexity index is 417. The molecule has 0 saturated carbocycles. The van der Waals surface area contributed by atoms with E-state index >= 15 is 0 Å². The normalized spacial score (nSPS) is 12.2. The van der Waals surface area contributed by atoms with Gasteiger partial charge in [-0.05, 0) is 24.7 Å². The molecule has 5 heteroatoms.